The summed E-state index contributed by atoms with van der Waals surface area (Å²) in [6, 6.07) is 15.1. The number of fused-ring (bicyclic) bond motifs is 1. The third-order valence-electron chi connectivity index (χ3n) is 5.97. The summed E-state index contributed by atoms with van der Waals surface area (Å²) in [6.45, 7) is 4.29. The number of nitrogens with zero attached hydrogens (tertiary/aromatic N) is 1. The third kappa shape index (κ3) is 5.39. The average molecular weight is 552 g/mol. The van der Waals surface area contributed by atoms with Crippen LogP contribution in [0.1, 0.15) is 63.4 Å². The van der Waals surface area contributed by atoms with Crippen LogP contribution in [0.2, 0.25) is 0 Å². The van der Waals surface area contributed by atoms with E-state index in [0.717, 1.165) is 17.4 Å². The van der Waals surface area contributed by atoms with E-state index in [1.807, 2.05) is 24.3 Å². The molecule has 0 fully saturated rings. The lowest BCUT2D eigenvalue weighted by molar-refractivity contribution is 0.0992. The number of pyridine rings is 1. The molecule has 0 aliphatic rings. The summed E-state index contributed by atoms with van der Waals surface area (Å²) in [4.78, 5) is 29.4. The van der Waals surface area contributed by atoms with Crippen LogP contribution in [-0.4, -0.2) is 16.8 Å². The first-order valence-electron chi connectivity index (χ1n) is 11.9. The van der Waals surface area contributed by atoms with E-state index in [9.17, 15) is 18.4 Å². The largest absolute Gasteiger partial charge is 0.486 e. The van der Waals surface area contributed by atoms with E-state index in [-0.39, 0.29) is 44.5 Å². The highest BCUT2D eigenvalue weighted by molar-refractivity contribution is 7.21. The number of anilines is 1. The molecule has 0 bridgehead atoms. The van der Waals surface area contributed by atoms with Crippen molar-refractivity contribution in [1.29, 1.82) is 0 Å². The van der Waals surface area contributed by atoms with Gasteiger partial charge in [-0.2, -0.15) is 0 Å². The number of hydrogen-bond donors (Lipinski definition) is 2. The van der Waals surface area contributed by atoms with Crippen LogP contribution in [0.15, 0.2) is 69.7 Å². The van der Waals surface area contributed by atoms with Crippen LogP contribution in [0.3, 0.4) is 0 Å². The van der Waals surface area contributed by atoms with E-state index in [0.29, 0.717) is 17.4 Å². The first-order chi connectivity index (χ1) is 18.7. The van der Waals surface area contributed by atoms with Crippen LogP contribution >= 0.6 is 11.3 Å². The number of nitrogens with one attached hydrogen (secondary N) is 1. The molecule has 8 nitrogen and oxygen atoms in total. The smallest absolute Gasteiger partial charge is 0.291 e. The van der Waals surface area contributed by atoms with Gasteiger partial charge < -0.3 is 24.6 Å². The maximum absolute atomic E-state index is 13.6. The first-order valence-corrected chi connectivity index (χ1v) is 12.7. The molecule has 0 aliphatic carbocycles. The van der Waals surface area contributed by atoms with Crippen molar-refractivity contribution in [2.24, 2.45) is 5.73 Å². The fraction of sp³-hybridized carbons (Fsp3) is 0.179. The third-order valence-corrected chi connectivity index (χ3v) is 7.07. The van der Waals surface area contributed by atoms with Gasteiger partial charge in [0.05, 0.1) is 12.0 Å². The number of benzene rings is 1. The molecule has 1 aromatic carbocycles. The fourth-order valence-corrected chi connectivity index (χ4v) is 5.02. The van der Waals surface area contributed by atoms with Gasteiger partial charge in [-0.3, -0.25) is 9.59 Å². The van der Waals surface area contributed by atoms with Gasteiger partial charge in [0.25, 0.3) is 18.2 Å². The maximum atomic E-state index is 13.6. The summed E-state index contributed by atoms with van der Waals surface area (Å²) in [6.07, 6.45) is -1.48. The average Bonchev–Trinajstić information content (AvgIpc) is 3.67. The molecule has 0 saturated heterocycles. The van der Waals surface area contributed by atoms with Gasteiger partial charge in [0.2, 0.25) is 0 Å². The number of thiophene rings is 1. The van der Waals surface area contributed by atoms with Crippen molar-refractivity contribution < 1.29 is 31.9 Å². The highest BCUT2D eigenvalue weighted by Gasteiger charge is 2.26. The number of primary amides is 1. The van der Waals surface area contributed by atoms with Crippen LogP contribution in [0.25, 0.3) is 21.5 Å². The van der Waals surface area contributed by atoms with E-state index in [1.165, 1.54) is 17.9 Å². The van der Waals surface area contributed by atoms with E-state index in [1.54, 1.807) is 18.2 Å². The van der Waals surface area contributed by atoms with Gasteiger partial charge in [-0.15, -0.1) is 11.3 Å². The van der Waals surface area contributed by atoms with Crippen molar-refractivity contribution in [3.63, 3.8) is 0 Å². The molecular weight excluding hydrogens is 528 g/mol. The Balaban J connectivity index is 1.42. The van der Waals surface area contributed by atoms with Crippen LogP contribution in [0.5, 0.6) is 5.75 Å². The second kappa shape index (κ2) is 10.7. The van der Waals surface area contributed by atoms with Crippen LogP contribution < -0.4 is 15.8 Å². The Kier molecular flexibility index (Phi) is 7.16. The summed E-state index contributed by atoms with van der Waals surface area (Å²) in [5, 5.41) is 2.90. The first kappa shape index (κ1) is 26.1. The van der Waals surface area contributed by atoms with Gasteiger partial charge in [-0.05, 0) is 53.9 Å². The predicted octanol–water partition coefficient (Wildman–Crippen LogP) is 7.14. The van der Waals surface area contributed by atoms with Crippen molar-refractivity contribution in [1.82, 2.24) is 4.98 Å². The molecule has 5 aromatic rings. The Morgan fingerprint density at radius 1 is 1.13 bits per heavy atom. The molecule has 0 aliphatic heterocycles. The van der Waals surface area contributed by atoms with E-state index in [4.69, 9.17) is 19.3 Å². The van der Waals surface area contributed by atoms with Crippen molar-refractivity contribution in [3.05, 3.63) is 88.5 Å². The number of carbonyl (C=O) groups is 2. The minimum absolute atomic E-state index is 0.0339. The monoisotopic (exact) mass is 551 g/mol. The number of ether oxygens (including phenoxy) is 1. The Morgan fingerprint density at radius 2 is 1.90 bits per heavy atom. The van der Waals surface area contributed by atoms with E-state index < -0.39 is 23.9 Å². The number of furan rings is 2. The quantitative estimate of drug-likeness (QED) is 0.201. The predicted molar refractivity (Wildman–Crippen MR) is 142 cm³/mol. The van der Waals surface area contributed by atoms with Gasteiger partial charge in [-0.1, -0.05) is 26.0 Å². The number of hydrogen-bond acceptors (Lipinski definition) is 7. The van der Waals surface area contributed by atoms with Crippen molar-refractivity contribution in [2.75, 3.05) is 5.32 Å². The minimum Gasteiger partial charge on any atom is -0.486 e. The number of aromatic nitrogens is 1. The van der Waals surface area contributed by atoms with E-state index >= 15 is 0 Å². The van der Waals surface area contributed by atoms with Crippen molar-refractivity contribution in [3.8, 4) is 17.1 Å². The van der Waals surface area contributed by atoms with E-state index in [2.05, 4.69) is 24.1 Å². The van der Waals surface area contributed by atoms with Gasteiger partial charge in [0, 0.05) is 10.9 Å². The number of nitrogens with two attached hydrogens (primary N) is 1. The SMILES string of the molecule is CC(C)c1ccc(OCc2ccc(C(=O)Nc3c(C(N)=O)sc4nc(C(F)F)cc(-c5ccco5)c34)o2)cc1. The highest BCUT2D eigenvalue weighted by Crippen LogP contribution is 2.42. The molecule has 5 rings (SSSR count). The lowest BCUT2D eigenvalue weighted by atomic mass is 10.0. The number of rotatable bonds is 9. The molecule has 200 valence electrons. The Labute approximate surface area is 225 Å². The van der Waals surface area contributed by atoms with Crippen LogP contribution in [0, 0.1) is 0 Å². The zero-order valence-corrected chi connectivity index (χ0v) is 21.7. The molecule has 0 spiro atoms. The number of amides is 2. The topological polar surface area (TPSA) is 121 Å². The Morgan fingerprint density at radius 3 is 2.54 bits per heavy atom. The fourth-order valence-electron chi connectivity index (χ4n) is 4.00. The molecule has 4 heterocycles. The van der Waals surface area contributed by atoms with Gasteiger partial charge in [0.1, 0.15) is 39.3 Å². The molecule has 11 heteroatoms. The molecule has 4 aromatic heterocycles. The zero-order chi connectivity index (χ0) is 27.7. The molecule has 0 saturated carbocycles. The zero-order valence-electron chi connectivity index (χ0n) is 20.9. The lowest BCUT2D eigenvalue weighted by Crippen LogP contribution is -2.16. The summed E-state index contributed by atoms with van der Waals surface area (Å²) >= 11 is 0.800. The maximum Gasteiger partial charge on any atom is 0.291 e. The molecule has 39 heavy (non-hydrogen) atoms. The molecule has 0 atom stereocenters. The normalized spacial score (nSPS) is 11.4. The van der Waals surface area contributed by atoms with Gasteiger partial charge in [0.15, 0.2) is 5.76 Å². The summed E-state index contributed by atoms with van der Waals surface area (Å²) in [5.41, 5.74) is 6.52. The number of halogens is 2. The second-order valence-corrected chi connectivity index (χ2v) is 9.95. The summed E-state index contributed by atoms with van der Waals surface area (Å²) in [5.74, 6) is 0.139. The lowest BCUT2D eigenvalue weighted by Gasteiger charge is -2.09. The standard InChI is InChI=1S/C28H23F2N3O5S/c1-14(2)15-5-7-16(8-6-15)37-13-17-9-10-21(38-17)27(35)33-23-22-18(20-4-3-11-36-20)12-19(25(29)30)32-28(22)39-24(23)26(31)34/h3-12,14,25H,13H2,1-2H3,(H2,31,34)(H,33,35). The van der Waals surface area contributed by atoms with Gasteiger partial charge in [-0.25, -0.2) is 13.8 Å². The van der Waals surface area contributed by atoms with Crippen molar-refractivity contribution >= 4 is 39.1 Å². The van der Waals surface area contributed by atoms with Crippen LogP contribution in [-0.2, 0) is 6.61 Å². The number of carbonyl (C=O) groups excluding carboxylic acids is 2. The Bertz CT molecular complexity index is 1640. The summed E-state index contributed by atoms with van der Waals surface area (Å²) in [7, 11) is 0. The molecule has 3 N–H and O–H groups in total. The molecule has 0 radical (unpaired) electrons. The molecule has 2 amide bonds. The number of alkyl halides is 2. The molecular formula is C28H23F2N3O5S. The van der Waals surface area contributed by atoms with Crippen molar-refractivity contribution in [2.45, 2.75) is 32.8 Å². The second-order valence-electron chi connectivity index (χ2n) is 8.96. The highest BCUT2D eigenvalue weighted by atomic mass is 32.1. The molecule has 0 unspecified atom stereocenters. The van der Waals surface area contributed by atoms with Gasteiger partial charge >= 0.3 is 0 Å². The summed E-state index contributed by atoms with van der Waals surface area (Å²) < 4.78 is 44.0. The minimum atomic E-state index is -2.86. The van der Waals surface area contributed by atoms with Crippen LogP contribution in [0.4, 0.5) is 14.5 Å². The Hall–Kier alpha value is -4.51.